The second-order valence-electron chi connectivity index (χ2n) is 3.54. The molecule has 0 aliphatic heterocycles. The molecule has 14 heavy (non-hydrogen) atoms. The first-order valence-electron chi connectivity index (χ1n) is 4.76. The van der Waals surface area contributed by atoms with Crippen molar-refractivity contribution in [3.63, 3.8) is 0 Å². The highest BCUT2D eigenvalue weighted by atomic mass is 16.5. The number of aliphatic hydroxyl groups excluding tert-OH is 1. The van der Waals surface area contributed by atoms with Crippen LogP contribution in [0.1, 0.15) is 12.8 Å². The van der Waals surface area contributed by atoms with Gasteiger partial charge in [0.25, 0.3) is 0 Å². The molecule has 1 fully saturated rings. The summed E-state index contributed by atoms with van der Waals surface area (Å²) in [4.78, 5) is 0. The van der Waals surface area contributed by atoms with Crippen molar-refractivity contribution in [2.75, 3.05) is 7.11 Å². The van der Waals surface area contributed by atoms with E-state index in [9.17, 15) is 0 Å². The molecule has 1 aromatic rings. The van der Waals surface area contributed by atoms with Gasteiger partial charge in [-0.15, -0.1) is 0 Å². The second kappa shape index (κ2) is 3.88. The molecule has 0 spiro atoms. The molecule has 1 N–H and O–H groups in total. The standard InChI is InChI=1S/C11H14O3/c1-13-9-3-2-4-10(7-9)14-11-5-8(12)6-11/h2-4,7-8,11-12H,5-6H2,1H3. The van der Waals surface area contributed by atoms with E-state index in [0.717, 1.165) is 24.3 Å². The topological polar surface area (TPSA) is 38.7 Å². The fraction of sp³-hybridized carbons (Fsp3) is 0.455. The lowest BCUT2D eigenvalue weighted by Gasteiger charge is -2.31. The Morgan fingerprint density at radius 3 is 2.64 bits per heavy atom. The lowest BCUT2D eigenvalue weighted by molar-refractivity contribution is -0.0108. The number of ether oxygens (including phenoxy) is 2. The van der Waals surface area contributed by atoms with E-state index in [1.807, 2.05) is 24.3 Å². The van der Waals surface area contributed by atoms with E-state index in [-0.39, 0.29) is 12.2 Å². The summed E-state index contributed by atoms with van der Waals surface area (Å²) in [6.45, 7) is 0. The van der Waals surface area contributed by atoms with Crippen LogP contribution in [-0.4, -0.2) is 24.4 Å². The van der Waals surface area contributed by atoms with Crippen molar-refractivity contribution < 1.29 is 14.6 Å². The molecule has 3 heteroatoms. The molecule has 1 aliphatic rings. The predicted octanol–water partition coefficient (Wildman–Crippen LogP) is 1.60. The van der Waals surface area contributed by atoms with Crippen LogP contribution in [0.3, 0.4) is 0 Å². The molecule has 0 radical (unpaired) electrons. The Kier molecular flexibility index (Phi) is 2.59. The van der Waals surface area contributed by atoms with Gasteiger partial charge in [0, 0.05) is 18.9 Å². The van der Waals surface area contributed by atoms with Crippen LogP contribution in [0.5, 0.6) is 11.5 Å². The molecule has 0 amide bonds. The van der Waals surface area contributed by atoms with Crippen molar-refractivity contribution in [1.29, 1.82) is 0 Å². The average Bonchev–Trinajstić information content (AvgIpc) is 2.16. The zero-order chi connectivity index (χ0) is 9.97. The molecule has 76 valence electrons. The average molecular weight is 194 g/mol. The van der Waals surface area contributed by atoms with Crippen molar-refractivity contribution in [3.8, 4) is 11.5 Å². The van der Waals surface area contributed by atoms with Crippen molar-refractivity contribution in [2.45, 2.75) is 25.0 Å². The van der Waals surface area contributed by atoms with Gasteiger partial charge in [-0.3, -0.25) is 0 Å². The van der Waals surface area contributed by atoms with Crippen molar-refractivity contribution in [2.24, 2.45) is 0 Å². The van der Waals surface area contributed by atoms with Crippen LogP contribution in [-0.2, 0) is 0 Å². The number of benzene rings is 1. The first-order chi connectivity index (χ1) is 6.78. The molecule has 0 unspecified atom stereocenters. The quantitative estimate of drug-likeness (QED) is 0.794. The van der Waals surface area contributed by atoms with E-state index in [1.165, 1.54) is 0 Å². The first-order valence-corrected chi connectivity index (χ1v) is 4.76. The summed E-state index contributed by atoms with van der Waals surface area (Å²) in [6, 6.07) is 7.52. The summed E-state index contributed by atoms with van der Waals surface area (Å²) >= 11 is 0. The maximum absolute atomic E-state index is 9.09. The summed E-state index contributed by atoms with van der Waals surface area (Å²) in [7, 11) is 1.63. The van der Waals surface area contributed by atoms with Crippen molar-refractivity contribution in [3.05, 3.63) is 24.3 Å². The third-order valence-corrected chi connectivity index (χ3v) is 2.41. The van der Waals surface area contributed by atoms with Crippen molar-refractivity contribution >= 4 is 0 Å². The third-order valence-electron chi connectivity index (χ3n) is 2.41. The Hall–Kier alpha value is -1.22. The predicted molar refractivity (Wildman–Crippen MR) is 52.7 cm³/mol. The molecule has 2 rings (SSSR count). The van der Waals surface area contributed by atoms with E-state index < -0.39 is 0 Å². The molecule has 0 bridgehead atoms. The monoisotopic (exact) mass is 194 g/mol. The van der Waals surface area contributed by atoms with Crippen LogP contribution in [0, 0.1) is 0 Å². The molecular formula is C11H14O3. The molecule has 1 saturated carbocycles. The van der Waals surface area contributed by atoms with Crippen LogP contribution >= 0.6 is 0 Å². The Balaban J connectivity index is 1.95. The molecule has 1 aliphatic carbocycles. The molecule has 0 saturated heterocycles. The fourth-order valence-corrected chi connectivity index (χ4v) is 1.50. The number of methoxy groups -OCH3 is 1. The number of rotatable bonds is 3. The minimum atomic E-state index is -0.175. The highest BCUT2D eigenvalue weighted by molar-refractivity contribution is 5.33. The molecule has 0 aromatic heterocycles. The molecule has 1 aromatic carbocycles. The zero-order valence-electron chi connectivity index (χ0n) is 8.14. The van der Waals surface area contributed by atoms with Crippen LogP contribution in [0.4, 0.5) is 0 Å². The normalized spacial score (nSPS) is 25.3. The number of hydrogen-bond acceptors (Lipinski definition) is 3. The zero-order valence-corrected chi connectivity index (χ0v) is 8.14. The van der Waals surface area contributed by atoms with E-state index in [1.54, 1.807) is 7.11 Å². The Bertz CT molecular complexity index is 305. The van der Waals surface area contributed by atoms with Gasteiger partial charge in [0.05, 0.1) is 13.2 Å². The molecule has 0 atom stereocenters. The maximum Gasteiger partial charge on any atom is 0.123 e. The molecular weight excluding hydrogens is 180 g/mol. The smallest absolute Gasteiger partial charge is 0.123 e. The van der Waals surface area contributed by atoms with Crippen LogP contribution in [0.2, 0.25) is 0 Å². The van der Waals surface area contributed by atoms with Gasteiger partial charge in [0.15, 0.2) is 0 Å². The summed E-state index contributed by atoms with van der Waals surface area (Å²) in [5, 5.41) is 9.09. The molecule has 0 heterocycles. The highest BCUT2D eigenvalue weighted by Crippen LogP contribution is 2.27. The van der Waals surface area contributed by atoms with Gasteiger partial charge in [-0.05, 0) is 12.1 Å². The van der Waals surface area contributed by atoms with E-state index in [4.69, 9.17) is 14.6 Å². The van der Waals surface area contributed by atoms with Crippen LogP contribution < -0.4 is 9.47 Å². The van der Waals surface area contributed by atoms with Gasteiger partial charge in [-0.25, -0.2) is 0 Å². The van der Waals surface area contributed by atoms with E-state index in [0.29, 0.717) is 0 Å². The second-order valence-corrected chi connectivity index (χ2v) is 3.54. The van der Waals surface area contributed by atoms with Gasteiger partial charge >= 0.3 is 0 Å². The van der Waals surface area contributed by atoms with E-state index in [2.05, 4.69) is 0 Å². The SMILES string of the molecule is COc1cccc(OC2CC(O)C2)c1. The largest absolute Gasteiger partial charge is 0.497 e. The minimum Gasteiger partial charge on any atom is -0.497 e. The molecule has 3 nitrogen and oxygen atoms in total. The maximum atomic E-state index is 9.09. The Labute approximate surface area is 83.3 Å². The lowest BCUT2D eigenvalue weighted by Crippen LogP contribution is -2.37. The number of hydrogen-bond donors (Lipinski definition) is 1. The summed E-state index contributed by atoms with van der Waals surface area (Å²) < 4.78 is 10.7. The third kappa shape index (κ3) is 1.99. The van der Waals surface area contributed by atoms with Crippen LogP contribution in [0.15, 0.2) is 24.3 Å². The Morgan fingerprint density at radius 2 is 2.00 bits per heavy atom. The summed E-state index contributed by atoms with van der Waals surface area (Å²) in [5.74, 6) is 1.60. The first kappa shape index (κ1) is 9.34. The summed E-state index contributed by atoms with van der Waals surface area (Å²) in [6.07, 6.45) is 1.46. The lowest BCUT2D eigenvalue weighted by atomic mass is 9.92. The number of aliphatic hydroxyl groups is 1. The van der Waals surface area contributed by atoms with Gasteiger partial charge in [-0.2, -0.15) is 0 Å². The fourth-order valence-electron chi connectivity index (χ4n) is 1.50. The van der Waals surface area contributed by atoms with Crippen molar-refractivity contribution in [1.82, 2.24) is 0 Å². The van der Waals surface area contributed by atoms with Crippen LogP contribution in [0.25, 0.3) is 0 Å². The van der Waals surface area contributed by atoms with Gasteiger partial charge in [0.1, 0.15) is 17.6 Å². The van der Waals surface area contributed by atoms with Gasteiger partial charge in [0.2, 0.25) is 0 Å². The Morgan fingerprint density at radius 1 is 1.29 bits per heavy atom. The summed E-state index contributed by atoms with van der Waals surface area (Å²) in [5.41, 5.74) is 0. The van der Waals surface area contributed by atoms with Gasteiger partial charge < -0.3 is 14.6 Å². The minimum absolute atomic E-state index is 0.164. The van der Waals surface area contributed by atoms with E-state index >= 15 is 0 Å². The highest BCUT2D eigenvalue weighted by Gasteiger charge is 2.28. The van der Waals surface area contributed by atoms with Gasteiger partial charge in [-0.1, -0.05) is 6.07 Å².